The van der Waals surface area contributed by atoms with Crippen molar-refractivity contribution in [1.29, 1.82) is 0 Å². The van der Waals surface area contributed by atoms with Crippen molar-refractivity contribution in [3.63, 3.8) is 0 Å². The third-order valence-corrected chi connectivity index (χ3v) is 3.43. The SMILES string of the molecule is O=C1c2cccc3cc(Cl)cc(c23)C(=O)N1CCO. The topological polar surface area (TPSA) is 57.6 Å². The number of halogens is 1. The van der Waals surface area contributed by atoms with Crippen molar-refractivity contribution in [2.24, 2.45) is 0 Å². The molecule has 0 aromatic heterocycles. The molecule has 0 bridgehead atoms. The van der Waals surface area contributed by atoms with E-state index in [1.54, 1.807) is 24.3 Å². The molecule has 2 aromatic carbocycles. The van der Waals surface area contributed by atoms with Crippen LogP contribution in [0.5, 0.6) is 0 Å². The minimum absolute atomic E-state index is 0.0139. The summed E-state index contributed by atoms with van der Waals surface area (Å²) in [6, 6.07) is 8.54. The predicted octanol–water partition coefficient (Wildman–Crippen LogP) is 2.08. The first-order chi connectivity index (χ1) is 9.13. The molecule has 1 N–H and O–H groups in total. The van der Waals surface area contributed by atoms with Crippen LogP contribution in [0.1, 0.15) is 20.7 Å². The van der Waals surface area contributed by atoms with Gasteiger partial charge in [0, 0.05) is 16.0 Å². The summed E-state index contributed by atoms with van der Waals surface area (Å²) in [7, 11) is 0. The Labute approximate surface area is 114 Å². The Hall–Kier alpha value is -1.91. The van der Waals surface area contributed by atoms with E-state index in [4.69, 9.17) is 16.7 Å². The van der Waals surface area contributed by atoms with Crippen LogP contribution in [0.4, 0.5) is 0 Å². The van der Waals surface area contributed by atoms with Crippen LogP contribution in [0.3, 0.4) is 0 Å². The summed E-state index contributed by atoms with van der Waals surface area (Å²) in [6.07, 6.45) is 0. The van der Waals surface area contributed by atoms with Crippen LogP contribution in [0.15, 0.2) is 30.3 Å². The molecule has 19 heavy (non-hydrogen) atoms. The zero-order valence-electron chi connectivity index (χ0n) is 9.89. The van der Waals surface area contributed by atoms with Crippen molar-refractivity contribution in [3.8, 4) is 0 Å². The van der Waals surface area contributed by atoms with E-state index < -0.39 is 5.91 Å². The number of hydrogen-bond donors (Lipinski definition) is 1. The highest BCUT2D eigenvalue weighted by molar-refractivity contribution is 6.33. The Bertz CT molecular complexity index is 711. The molecule has 1 aliphatic rings. The number of hydrogen-bond acceptors (Lipinski definition) is 3. The van der Waals surface area contributed by atoms with Crippen LogP contribution in [0.2, 0.25) is 5.02 Å². The lowest BCUT2D eigenvalue weighted by Gasteiger charge is -2.26. The summed E-state index contributed by atoms with van der Waals surface area (Å²) in [6.45, 7) is -0.274. The normalized spacial score (nSPS) is 14.3. The number of nitrogens with zero attached hydrogens (tertiary/aromatic N) is 1. The number of β-amino-alcohol motifs (C(OH)–C–C–N with tert-alkyl or cyclic N) is 1. The fourth-order valence-electron chi connectivity index (χ4n) is 2.42. The largest absolute Gasteiger partial charge is 0.395 e. The minimum atomic E-state index is -0.412. The van der Waals surface area contributed by atoms with Gasteiger partial charge in [-0.3, -0.25) is 14.5 Å². The zero-order valence-corrected chi connectivity index (χ0v) is 10.6. The molecule has 4 nitrogen and oxygen atoms in total. The number of imide groups is 1. The van der Waals surface area contributed by atoms with E-state index in [1.807, 2.05) is 6.07 Å². The Morgan fingerprint density at radius 3 is 2.58 bits per heavy atom. The van der Waals surface area contributed by atoms with E-state index >= 15 is 0 Å². The van der Waals surface area contributed by atoms with Gasteiger partial charge in [0.15, 0.2) is 0 Å². The van der Waals surface area contributed by atoms with E-state index in [0.717, 1.165) is 10.3 Å². The Morgan fingerprint density at radius 1 is 1.11 bits per heavy atom. The second kappa shape index (κ2) is 4.33. The van der Waals surface area contributed by atoms with E-state index in [9.17, 15) is 9.59 Å². The molecule has 0 unspecified atom stereocenters. The van der Waals surface area contributed by atoms with Crippen LogP contribution in [-0.2, 0) is 0 Å². The molecule has 0 radical (unpaired) electrons. The molecule has 0 spiro atoms. The van der Waals surface area contributed by atoms with Gasteiger partial charge in [0.25, 0.3) is 11.8 Å². The average Bonchev–Trinajstić information content (AvgIpc) is 2.40. The Balaban J connectivity index is 2.35. The molecule has 5 heteroatoms. The van der Waals surface area contributed by atoms with Crippen molar-refractivity contribution in [3.05, 3.63) is 46.5 Å². The highest BCUT2D eigenvalue weighted by atomic mass is 35.5. The molecule has 0 fully saturated rings. The molecule has 0 saturated heterocycles. The van der Waals surface area contributed by atoms with Crippen LogP contribution < -0.4 is 0 Å². The number of carbonyl (C=O) groups excluding carboxylic acids is 2. The zero-order chi connectivity index (χ0) is 13.6. The lowest BCUT2D eigenvalue weighted by Crippen LogP contribution is -2.41. The van der Waals surface area contributed by atoms with E-state index in [-0.39, 0.29) is 19.1 Å². The lowest BCUT2D eigenvalue weighted by atomic mass is 9.94. The van der Waals surface area contributed by atoms with Crippen molar-refractivity contribution < 1.29 is 14.7 Å². The summed E-state index contributed by atoms with van der Waals surface area (Å²) < 4.78 is 0. The molecule has 2 aromatic rings. The van der Waals surface area contributed by atoms with Crippen molar-refractivity contribution >= 4 is 34.2 Å². The maximum absolute atomic E-state index is 12.3. The Morgan fingerprint density at radius 2 is 1.84 bits per heavy atom. The summed E-state index contributed by atoms with van der Waals surface area (Å²) in [4.78, 5) is 25.6. The highest BCUT2D eigenvalue weighted by Gasteiger charge is 2.32. The van der Waals surface area contributed by atoms with Gasteiger partial charge in [-0.1, -0.05) is 23.7 Å². The number of amides is 2. The van der Waals surface area contributed by atoms with Gasteiger partial charge in [0.05, 0.1) is 18.7 Å². The van der Waals surface area contributed by atoms with Crippen LogP contribution >= 0.6 is 11.6 Å². The van der Waals surface area contributed by atoms with Crippen LogP contribution in [-0.4, -0.2) is 35.0 Å². The highest BCUT2D eigenvalue weighted by Crippen LogP contribution is 2.32. The first kappa shape index (κ1) is 12.1. The van der Waals surface area contributed by atoms with E-state index in [0.29, 0.717) is 21.5 Å². The van der Waals surface area contributed by atoms with E-state index in [1.165, 1.54) is 0 Å². The molecule has 0 aliphatic carbocycles. The van der Waals surface area contributed by atoms with Gasteiger partial charge in [0.2, 0.25) is 0 Å². The smallest absolute Gasteiger partial charge is 0.261 e. The monoisotopic (exact) mass is 275 g/mol. The molecule has 96 valence electrons. The lowest BCUT2D eigenvalue weighted by molar-refractivity contribution is 0.0580. The maximum Gasteiger partial charge on any atom is 0.261 e. The number of aliphatic hydroxyl groups excluding tert-OH is 1. The molecular weight excluding hydrogens is 266 g/mol. The maximum atomic E-state index is 12.3. The fraction of sp³-hybridized carbons (Fsp3) is 0.143. The fourth-order valence-corrected chi connectivity index (χ4v) is 2.65. The predicted molar refractivity (Wildman–Crippen MR) is 71.4 cm³/mol. The van der Waals surface area contributed by atoms with Crippen LogP contribution in [0, 0.1) is 0 Å². The number of carbonyl (C=O) groups is 2. The van der Waals surface area contributed by atoms with Gasteiger partial charge < -0.3 is 5.11 Å². The standard InChI is InChI=1S/C14H10ClNO3/c15-9-6-8-2-1-3-10-12(8)11(7-9)14(19)16(4-5-17)13(10)18/h1-3,6-7,17H,4-5H2. The molecule has 2 amide bonds. The first-order valence-electron chi connectivity index (χ1n) is 5.83. The van der Waals surface area contributed by atoms with Gasteiger partial charge in [-0.2, -0.15) is 0 Å². The molecule has 3 rings (SSSR count). The third kappa shape index (κ3) is 1.72. The van der Waals surface area contributed by atoms with Crippen molar-refractivity contribution in [1.82, 2.24) is 4.90 Å². The first-order valence-corrected chi connectivity index (χ1v) is 6.20. The molecule has 0 saturated carbocycles. The van der Waals surface area contributed by atoms with Gasteiger partial charge in [0.1, 0.15) is 0 Å². The van der Waals surface area contributed by atoms with Gasteiger partial charge in [-0.25, -0.2) is 0 Å². The summed E-state index contributed by atoms with van der Waals surface area (Å²) in [5, 5.41) is 10.8. The van der Waals surface area contributed by atoms with Gasteiger partial charge >= 0.3 is 0 Å². The molecular formula is C14H10ClNO3. The quantitative estimate of drug-likeness (QED) is 0.854. The summed E-state index contributed by atoms with van der Waals surface area (Å²) >= 11 is 6.00. The minimum Gasteiger partial charge on any atom is -0.395 e. The third-order valence-electron chi connectivity index (χ3n) is 3.22. The number of rotatable bonds is 2. The van der Waals surface area contributed by atoms with Crippen molar-refractivity contribution in [2.45, 2.75) is 0 Å². The average molecular weight is 276 g/mol. The number of aliphatic hydroxyl groups is 1. The Kier molecular flexibility index (Phi) is 2.77. The second-order valence-electron chi connectivity index (χ2n) is 4.34. The van der Waals surface area contributed by atoms with Crippen LogP contribution in [0.25, 0.3) is 10.8 Å². The number of benzene rings is 2. The van der Waals surface area contributed by atoms with Crippen molar-refractivity contribution in [2.75, 3.05) is 13.2 Å². The molecule has 1 aliphatic heterocycles. The van der Waals surface area contributed by atoms with Gasteiger partial charge in [-0.15, -0.1) is 0 Å². The summed E-state index contributed by atoms with van der Waals surface area (Å²) in [5.41, 5.74) is 0.878. The summed E-state index contributed by atoms with van der Waals surface area (Å²) in [5.74, 6) is -0.787. The molecule has 1 heterocycles. The molecule has 0 atom stereocenters. The second-order valence-corrected chi connectivity index (χ2v) is 4.78. The van der Waals surface area contributed by atoms with Gasteiger partial charge in [-0.05, 0) is 23.6 Å². The van der Waals surface area contributed by atoms with E-state index in [2.05, 4.69) is 0 Å².